The molecule has 0 amide bonds. The van der Waals surface area contributed by atoms with Gasteiger partial charge in [-0.3, -0.25) is 18.1 Å². The number of phosphoric acid groups is 4. The molecule has 0 unspecified atom stereocenters. The number of phosphoric ester groups is 4. The molecule has 0 aromatic carbocycles. The molecule has 1 fully saturated rings. The van der Waals surface area contributed by atoms with Gasteiger partial charge in [0.15, 0.2) is 0 Å². The Morgan fingerprint density at radius 1 is 0.621 bits per heavy atom. The van der Waals surface area contributed by atoms with Crippen molar-refractivity contribution in [3.05, 3.63) is 0 Å². The van der Waals surface area contributed by atoms with E-state index in [1.165, 1.54) is 0 Å². The molecule has 29 heavy (non-hydrogen) atoms. The van der Waals surface area contributed by atoms with Crippen LogP contribution in [0, 0.1) is 0 Å². The van der Waals surface area contributed by atoms with Gasteiger partial charge < -0.3 is 49.0 Å². The van der Waals surface area contributed by atoms with Crippen molar-refractivity contribution in [2.75, 3.05) is 13.2 Å². The SMILES string of the molecule is O=P(O)(O)OC[C@@H]1O[C@H](COP(=O)(O)O)[C@@H](OP(=O)(O)O)[C@H](OP(=O)(O)O)[C@H]1O. The third-order valence-electron chi connectivity index (χ3n) is 3.09. The molecule has 0 radical (unpaired) electrons. The van der Waals surface area contributed by atoms with Crippen LogP contribution in [0.3, 0.4) is 0 Å². The van der Waals surface area contributed by atoms with Gasteiger partial charge in [0.1, 0.15) is 30.5 Å². The summed E-state index contributed by atoms with van der Waals surface area (Å²) in [4.78, 5) is 70.8. The largest absolute Gasteiger partial charge is 0.470 e. The zero-order chi connectivity index (χ0) is 22.8. The van der Waals surface area contributed by atoms with E-state index in [1.807, 2.05) is 0 Å². The molecular weight excluding hydrogens is 496 g/mol. The van der Waals surface area contributed by atoms with E-state index >= 15 is 0 Å². The molecule has 0 aliphatic carbocycles. The van der Waals surface area contributed by atoms with Gasteiger partial charge in [0, 0.05) is 0 Å². The maximum absolute atomic E-state index is 11.2. The Morgan fingerprint density at radius 2 is 1.00 bits per heavy atom. The van der Waals surface area contributed by atoms with Gasteiger partial charge in [0.25, 0.3) is 0 Å². The van der Waals surface area contributed by atoms with Crippen LogP contribution in [-0.2, 0) is 41.1 Å². The molecule has 0 spiro atoms. The standard InChI is InChI=1S/C7H18O18P4/c8-5-3(1-21-26(9,10)11)23-4(2-22-27(12,13)14)6(24-28(15,16)17)7(5)25-29(18,19)20/h3-8H,1-2H2,(H2,9,10,11)(H2,12,13,14)(H2,15,16,17)(H2,18,19,20)/t3-,4+,5-,6+,7+/m0/s1. The van der Waals surface area contributed by atoms with Crippen LogP contribution in [0.5, 0.6) is 0 Å². The molecule has 1 saturated heterocycles. The fraction of sp³-hybridized carbons (Fsp3) is 1.00. The fourth-order valence-corrected chi connectivity index (χ4v) is 4.00. The van der Waals surface area contributed by atoms with Gasteiger partial charge in [-0.2, -0.15) is 0 Å². The van der Waals surface area contributed by atoms with Gasteiger partial charge in [-0.25, -0.2) is 18.3 Å². The molecule has 5 atom stereocenters. The van der Waals surface area contributed by atoms with E-state index in [1.54, 1.807) is 0 Å². The maximum Gasteiger partial charge on any atom is 0.470 e. The van der Waals surface area contributed by atoms with Crippen molar-refractivity contribution in [3.63, 3.8) is 0 Å². The van der Waals surface area contributed by atoms with Crippen LogP contribution in [-0.4, -0.2) is 88.0 Å². The van der Waals surface area contributed by atoms with E-state index in [4.69, 9.17) is 43.9 Å². The molecule has 1 rings (SSSR count). The van der Waals surface area contributed by atoms with E-state index in [9.17, 15) is 23.4 Å². The molecule has 0 aromatic heterocycles. The average Bonchev–Trinajstić information content (AvgIpc) is 2.44. The lowest BCUT2D eigenvalue weighted by atomic mass is 9.95. The van der Waals surface area contributed by atoms with Crippen LogP contribution >= 0.6 is 31.3 Å². The second kappa shape index (κ2) is 9.88. The van der Waals surface area contributed by atoms with Crippen molar-refractivity contribution in [1.82, 2.24) is 0 Å². The van der Waals surface area contributed by atoms with Crippen LogP contribution in [0.25, 0.3) is 0 Å². The quantitative estimate of drug-likeness (QED) is 0.134. The topological polar surface area (TPSA) is 296 Å². The Morgan fingerprint density at radius 3 is 1.38 bits per heavy atom. The van der Waals surface area contributed by atoms with E-state index < -0.39 is 75.0 Å². The Balaban J connectivity index is 3.25. The van der Waals surface area contributed by atoms with Crippen molar-refractivity contribution >= 4 is 31.3 Å². The van der Waals surface area contributed by atoms with E-state index in [2.05, 4.69) is 18.1 Å². The molecule has 0 bridgehead atoms. The first-order valence-electron chi connectivity index (χ1n) is 6.99. The summed E-state index contributed by atoms with van der Waals surface area (Å²) in [5.41, 5.74) is 0. The molecule has 1 heterocycles. The van der Waals surface area contributed by atoms with Crippen LogP contribution in [0.4, 0.5) is 0 Å². The Kier molecular flexibility index (Phi) is 9.33. The van der Waals surface area contributed by atoms with Gasteiger partial charge in [0.05, 0.1) is 13.2 Å². The first kappa shape index (κ1) is 27.4. The van der Waals surface area contributed by atoms with Crippen molar-refractivity contribution in [3.8, 4) is 0 Å². The van der Waals surface area contributed by atoms with E-state index in [0.29, 0.717) is 0 Å². The molecule has 0 aromatic rings. The summed E-state index contributed by atoms with van der Waals surface area (Å²) in [6, 6.07) is 0. The van der Waals surface area contributed by atoms with Crippen molar-refractivity contribution in [2.24, 2.45) is 0 Å². The van der Waals surface area contributed by atoms with E-state index in [0.717, 1.165) is 0 Å². The lowest BCUT2D eigenvalue weighted by molar-refractivity contribution is -0.226. The summed E-state index contributed by atoms with van der Waals surface area (Å²) < 4.78 is 65.7. The minimum absolute atomic E-state index is 1.14. The third-order valence-corrected chi connectivity index (χ3v) is 5.10. The smallest absolute Gasteiger partial charge is 0.387 e. The minimum Gasteiger partial charge on any atom is -0.387 e. The zero-order valence-corrected chi connectivity index (χ0v) is 17.4. The fourth-order valence-electron chi connectivity index (χ4n) is 2.18. The van der Waals surface area contributed by atoms with Gasteiger partial charge in [-0.15, -0.1) is 0 Å². The summed E-state index contributed by atoms with van der Waals surface area (Å²) in [7, 11) is -21.2. The predicted molar refractivity (Wildman–Crippen MR) is 84.5 cm³/mol. The highest BCUT2D eigenvalue weighted by Crippen LogP contribution is 2.48. The lowest BCUT2D eigenvalue weighted by Crippen LogP contribution is -2.60. The van der Waals surface area contributed by atoms with Crippen LogP contribution in [0.15, 0.2) is 0 Å². The second-order valence-electron chi connectivity index (χ2n) is 5.40. The number of hydrogen-bond acceptors (Lipinski definition) is 10. The van der Waals surface area contributed by atoms with Crippen LogP contribution < -0.4 is 0 Å². The molecular formula is C7H18O18P4. The number of aliphatic hydroxyl groups excluding tert-OH is 1. The Hall–Kier alpha value is 0.360. The van der Waals surface area contributed by atoms with Crippen molar-refractivity contribution < 1.29 is 85.3 Å². The predicted octanol–water partition coefficient (Wildman–Crippen LogP) is -2.71. The minimum atomic E-state index is -5.47. The van der Waals surface area contributed by atoms with Gasteiger partial charge in [-0.1, -0.05) is 0 Å². The van der Waals surface area contributed by atoms with Gasteiger partial charge in [0.2, 0.25) is 0 Å². The summed E-state index contributed by atoms with van der Waals surface area (Å²) >= 11 is 0. The second-order valence-corrected chi connectivity index (χ2v) is 10.3. The van der Waals surface area contributed by atoms with Crippen LogP contribution in [0.2, 0.25) is 0 Å². The molecule has 1 aliphatic heterocycles. The highest BCUT2D eigenvalue weighted by molar-refractivity contribution is 7.47. The molecule has 22 heteroatoms. The monoisotopic (exact) mass is 514 g/mol. The normalized spacial score (nSPS) is 29.8. The first-order valence-corrected chi connectivity index (χ1v) is 13.1. The summed E-state index contributed by atoms with van der Waals surface area (Å²) in [6.07, 6.45) is -10.7. The zero-order valence-electron chi connectivity index (χ0n) is 13.8. The van der Waals surface area contributed by atoms with Gasteiger partial charge in [-0.05, 0) is 0 Å². The Labute approximate surface area is 161 Å². The molecule has 9 N–H and O–H groups in total. The maximum atomic E-state index is 11.2. The average molecular weight is 514 g/mol. The number of aliphatic hydroxyl groups is 1. The Bertz CT molecular complexity index is 728. The summed E-state index contributed by atoms with van der Waals surface area (Å²) in [5, 5.41) is 10.1. The van der Waals surface area contributed by atoms with Crippen LogP contribution in [0.1, 0.15) is 0 Å². The van der Waals surface area contributed by atoms with Crippen molar-refractivity contribution in [1.29, 1.82) is 0 Å². The molecule has 0 saturated carbocycles. The number of hydrogen-bond donors (Lipinski definition) is 9. The van der Waals surface area contributed by atoms with Crippen molar-refractivity contribution in [2.45, 2.75) is 30.5 Å². The molecule has 1 aliphatic rings. The summed E-state index contributed by atoms with van der Waals surface area (Å²) in [5.74, 6) is 0. The highest BCUT2D eigenvalue weighted by Gasteiger charge is 2.52. The first-order chi connectivity index (χ1) is 12.8. The third kappa shape index (κ3) is 11.0. The molecule has 18 nitrogen and oxygen atoms in total. The number of rotatable bonds is 10. The summed E-state index contributed by atoms with van der Waals surface area (Å²) in [6.45, 7) is -2.35. The van der Waals surface area contributed by atoms with E-state index in [-0.39, 0.29) is 0 Å². The van der Waals surface area contributed by atoms with Gasteiger partial charge >= 0.3 is 31.3 Å². The molecule has 174 valence electrons. The highest BCUT2D eigenvalue weighted by atomic mass is 31.2. The lowest BCUT2D eigenvalue weighted by Gasteiger charge is -2.43. The number of ether oxygens (including phenoxy) is 1.